The van der Waals surface area contributed by atoms with Crippen molar-refractivity contribution in [1.29, 1.82) is 0 Å². The van der Waals surface area contributed by atoms with Gasteiger partial charge in [0.2, 0.25) is 0 Å². The minimum Gasteiger partial charge on any atom is -0.373 e. The van der Waals surface area contributed by atoms with Gasteiger partial charge in [0.25, 0.3) is 0 Å². The highest BCUT2D eigenvalue weighted by molar-refractivity contribution is 7.09. The van der Waals surface area contributed by atoms with Crippen molar-refractivity contribution in [3.8, 4) is 0 Å². The van der Waals surface area contributed by atoms with Crippen LogP contribution in [0.4, 0.5) is 11.6 Å². The Bertz CT molecular complexity index is 593. The molecule has 0 atom stereocenters. The van der Waals surface area contributed by atoms with Crippen molar-refractivity contribution in [1.82, 2.24) is 15.0 Å². The Hall–Kier alpha value is -1.69. The molecule has 0 unspecified atom stereocenters. The van der Waals surface area contributed by atoms with Crippen molar-refractivity contribution < 1.29 is 0 Å². The lowest BCUT2D eigenvalue weighted by Crippen LogP contribution is -2.20. The number of aryl methyl sites for hydroxylation is 2. The van der Waals surface area contributed by atoms with E-state index in [2.05, 4.69) is 46.1 Å². The Balaban J connectivity index is 2.33. The van der Waals surface area contributed by atoms with Crippen LogP contribution in [-0.4, -0.2) is 29.0 Å². The Morgan fingerprint density at radius 1 is 1.30 bits per heavy atom. The zero-order valence-electron chi connectivity index (χ0n) is 12.7. The molecule has 2 aromatic rings. The fourth-order valence-corrected chi connectivity index (χ4v) is 2.92. The third-order valence-corrected chi connectivity index (χ3v) is 4.23. The summed E-state index contributed by atoms with van der Waals surface area (Å²) in [6.07, 6.45) is 0.829. The Kier molecular flexibility index (Phi) is 4.54. The van der Waals surface area contributed by atoms with Crippen LogP contribution in [0.5, 0.6) is 0 Å². The van der Waals surface area contributed by atoms with Crippen molar-refractivity contribution in [3.63, 3.8) is 0 Å². The normalized spacial score (nSPS) is 10.7. The topological polar surface area (TPSA) is 53.9 Å². The second-order valence-corrected chi connectivity index (χ2v) is 5.70. The van der Waals surface area contributed by atoms with Crippen LogP contribution in [0.2, 0.25) is 0 Å². The van der Waals surface area contributed by atoms with E-state index in [4.69, 9.17) is 0 Å². The molecule has 0 fully saturated rings. The average molecular weight is 291 g/mol. The standard InChI is InChI=1S/C14H21N5S/c1-6-12-17-13(15-4)9(2)14(18-12)19(5)7-11-10(3)16-8-20-11/h8H,6-7H2,1-5H3,(H,15,17,18). The van der Waals surface area contributed by atoms with E-state index in [0.29, 0.717) is 0 Å². The van der Waals surface area contributed by atoms with Crippen LogP contribution in [0.1, 0.15) is 28.9 Å². The zero-order chi connectivity index (χ0) is 14.7. The molecule has 6 heteroatoms. The van der Waals surface area contributed by atoms with Crippen LogP contribution in [0.3, 0.4) is 0 Å². The first-order valence-electron chi connectivity index (χ1n) is 6.72. The van der Waals surface area contributed by atoms with Crippen LogP contribution in [0.15, 0.2) is 5.51 Å². The smallest absolute Gasteiger partial charge is 0.137 e. The van der Waals surface area contributed by atoms with Gasteiger partial charge < -0.3 is 10.2 Å². The van der Waals surface area contributed by atoms with E-state index in [1.54, 1.807) is 11.3 Å². The number of rotatable bonds is 5. The van der Waals surface area contributed by atoms with E-state index in [-0.39, 0.29) is 0 Å². The van der Waals surface area contributed by atoms with E-state index in [1.165, 1.54) is 4.88 Å². The number of hydrogen-bond donors (Lipinski definition) is 1. The number of nitrogens with zero attached hydrogens (tertiary/aromatic N) is 4. The first-order valence-corrected chi connectivity index (χ1v) is 7.60. The number of thiazole rings is 1. The quantitative estimate of drug-likeness (QED) is 0.918. The van der Waals surface area contributed by atoms with Gasteiger partial charge in [-0.25, -0.2) is 15.0 Å². The zero-order valence-corrected chi connectivity index (χ0v) is 13.5. The first-order chi connectivity index (χ1) is 9.56. The van der Waals surface area contributed by atoms with E-state index in [1.807, 2.05) is 19.5 Å². The lowest BCUT2D eigenvalue weighted by molar-refractivity contribution is 0.853. The minimum atomic E-state index is 0.820. The maximum absolute atomic E-state index is 4.67. The molecule has 0 aromatic carbocycles. The predicted molar refractivity (Wildman–Crippen MR) is 84.7 cm³/mol. The molecule has 5 nitrogen and oxygen atoms in total. The molecule has 0 aliphatic rings. The summed E-state index contributed by atoms with van der Waals surface area (Å²) in [6.45, 7) is 6.99. The Morgan fingerprint density at radius 2 is 2.05 bits per heavy atom. The highest BCUT2D eigenvalue weighted by atomic mass is 32.1. The van der Waals surface area contributed by atoms with E-state index in [0.717, 1.165) is 41.7 Å². The summed E-state index contributed by atoms with van der Waals surface area (Å²) in [5.74, 6) is 2.75. The van der Waals surface area contributed by atoms with E-state index < -0.39 is 0 Å². The molecule has 2 heterocycles. The van der Waals surface area contributed by atoms with Crippen LogP contribution < -0.4 is 10.2 Å². The number of anilines is 2. The summed E-state index contributed by atoms with van der Waals surface area (Å²) in [5.41, 5.74) is 4.06. The number of hydrogen-bond acceptors (Lipinski definition) is 6. The Morgan fingerprint density at radius 3 is 2.60 bits per heavy atom. The fraction of sp³-hybridized carbons (Fsp3) is 0.500. The molecular weight excluding hydrogens is 270 g/mol. The lowest BCUT2D eigenvalue weighted by Gasteiger charge is -2.21. The predicted octanol–water partition coefficient (Wildman–Crippen LogP) is 2.79. The van der Waals surface area contributed by atoms with Gasteiger partial charge in [-0.15, -0.1) is 11.3 Å². The third kappa shape index (κ3) is 2.90. The van der Waals surface area contributed by atoms with Gasteiger partial charge >= 0.3 is 0 Å². The van der Waals surface area contributed by atoms with Crippen LogP contribution in [-0.2, 0) is 13.0 Å². The third-order valence-electron chi connectivity index (χ3n) is 3.31. The second-order valence-electron chi connectivity index (χ2n) is 4.76. The summed E-state index contributed by atoms with van der Waals surface area (Å²) in [7, 11) is 3.96. The SMILES string of the molecule is CCc1nc(NC)c(C)c(N(C)Cc2scnc2C)n1. The molecule has 0 aliphatic carbocycles. The summed E-state index contributed by atoms with van der Waals surface area (Å²) in [4.78, 5) is 16.9. The average Bonchev–Trinajstić information content (AvgIpc) is 2.84. The molecule has 20 heavy (non-hydrogen) atoms. The molecule has 0 spiro atoms. The molecule has 0 saturated carbocycles. The molecule has 0 saturated heterocycles. The lowest BCUT2D eigenvalue weighted by atomic mass is 10.2. The maximum atomic E-state index is 4.67. The highest BCUT2D eigenvalue weighted by Crippen LogP contribution is 2.25. The van der Waals surface area contributed by atoms with Gasteiger partial charge in [-0.2, -0.15) is 0 Å². The molecule has 0 amide bonds. The van der Waals surface area contributed by atoms with Gasteiger partial charge in [-0.3, -0.25) is 0 Å². The first kappa shape index (κ1) is 14.7. The summed E-state index contributed by atoms with van der Waals surface area (Å²) >= 11 is 1.69. The van der Waals surface area contributed by atoms with Crippen LogP contribution >= 0.6 is 11.3 Å². The maximum Gasteiger partial charge on any atom is 0.137 e. The van der Waals surface area contributed by atoms with Gasteiger partial charge in [-0.1, -0.05) is 6.92 Å². The van der Waals surface area contributed by atoms with Crippen molar-refractivity contribution in [2.24, 2.45) is 0 Å². The monoisotopic (exact) mass is 291 g/mol. The molecule has 2 rings (SSSR count). The largest absolute Gasteiger partial charge is 0.373 e. The minimum absolute atomic E-state index is 0.820. The Labute approximate surface area is 124 Å². The van der Waals surface area contributed by atoms with Gasteiger partial charge in [-0.05, 0) is 13.8 Å². The highest BCUT2D eigenvalue weighted by Gasteiger charge is 2.14. The van der Waals surface area contributed by atoms with Gasteiger partial charge in [0.05, 0.1) is 17.7 Å². The molecular formula is C14H21N5S. The van der Waals surface area contributed by atoms with Crippen molar-refractivity contribution >= 4 is 23.0 Å². The molecule has 1 N–H and O–H groups in total. The van der Waals surface area contributed by atoms with Gasteiger partial charge in [0.1, 0.15) is 17.5 Å². The van der Waals surface area contributed by atoms with E-state index in [9.17, 15) is 0 Å². The van der Waals surface area contributed by atoms with Gasteiger partial charge in [0, 0.05) is 31.0 Å². The number of aromatic nitrogens is 3. The fourth-order valence-electron chi connectivity index (χ4n) is 2.09. The molecule has 0 bridgehead atoms. The molecule has 0 aliphatic heterocycles. The molecule has 108 valence electrons. The summed E-state index contributed by atoms with van der Waals surface area (Å²) < 4.78 is 0. The van der Waals surface area contributed by atoms with Crippen LogP contribution in [0, 0.1) is 13.8 Å². The molecule has 2 aromatic heterocycles. The van der Waals surface area contributed by atoms with Crippen LogP contribution in [0.25, 0.3) is 0 Å². The number of nitrogens with one attached hydrogen (secondary N) is 1. The van der Waals surface area contributed by atoms with Gasteiger partial charge in [0.15, 0.2) is 0 Å². The summed E-state index contributed by atoms with van der Waals surface area (Å²) in [6, 6.07) is 0. The van der Waals surface area contributed by atoms with Crippen molar-refractivity contribution in [3.05, 3.63) is 27.5 Å². The molecule has 0 radical (unpaired) electrons. The summed E-state index contributed by atoms with van der Waals surface area (Å²) in [5, 5.41) is 3.15. The second kappa shape index (κ2) is 6.17. The van der Waals surface area contributed by atoms with Crippen molar-refractivity contribution in [2.75, 3.05) is 24.3 Å². The van der Waals surface area contributed by atoms with E-state index >= 15 is 0 Å². The van der Waals surface area contributed by atoms with Crippen molar-refractivity contribution in [2.45, 2.75) is 33.7 Å².